The summed E-state index contributed by atoms with van der Waals surface area (Å²) in [6, 6.07) is 0. The number of hydrogen-bond donors (Lipinski definition) is 0. The Morgan fingerprint density at radius 3 is 2.62 bits per heavy atom. The summed E-state index contributed by atoms with van der Waals surface area (Å²) in [5.74, 6) is 1.19. The average Bonchev–Trinajstić information content (AvgIpc) is 2.43. The number of carbonyl (C=O) groups is 1. The van der Waals surface area contributed by atoms with Gasteiger partial charge >= 0.3 is 0 Å². The maximum atomic E-state index is 11.1. The van der Waals surface area contributed by atoms with Crippen molar-refractivity contribution in [1.82, 2.24) is 0 Å². The van der Waals surface area contributed by atoms with E-state index < -0.39 is 0 Å². The zero-order chi connectivity index (χ0) is 9.68. The van der Waals surface area contributed by atoms with Crippen LogP contribution in [0.2, 0.25) is 0 Å². The van der Waals surface area contributed by atoms with Crippen LogP contribution in [0, 0.1) is 0 Å². The molecule has 0 unspecified atom stereocenters. The quantitative estimate of drug-likeness (QED) is 0.611. The Morgan fingerprint density at radius 2 is 2.08 bits per heavy atom. The van der Waals surface area contributed by atoms with Crippen LogP contribution in [0.1, 0.15) is 46.0 Å². The third-order valence-corrected chi connectivity index (χ3v) is 2.44. The first kappa shape index (κ1) is 10.3. The van der Waals surface area contributed by atoms with Crippen LogP contribution in [0.3, 0.4) is 0 Å². The fraction of sp³-hybridized carbons (Fsp3) is 0.727. The van der Waals surface area contributed by atoms with Gasteiger partial charge in [-0.15, -0.1) is 0 Å². The molecule has 2 heteroatoms. The molecule has 0 spiro atoms. The summed E-state index contributed by atoms with van der Waals surface area (Å²) >= 11 is 0. The number of unbranched alkanes of at least 4 members (excludes halogenated alkanes) is 2. The Bertz CT molecular complexity index is 216. The highest BCUT2D eigenvalue weighted by Crippen LogP contribution is 2.23. The van der Waals surface area contributed by atoms with Crippen LogP contribution in [0.4, 0.5) is 0 Å². The first-order chi connectivity index (χ1) is 6.25. The second-order valence-corrected chi connectivity index (χ2v) is 3.53. The standard InChI is InChI=1S/C11H18O2/c1-3-4-5-8-13-11-7-6-10(12)9(11)2/h3-8H2,1-2H3. The number of Topliss-reactive ketones (excluding diaryl/α,β-unsaturated/α-hetero) is 1. The van der Waals surface area contributed by atoms with Crippen molar-refractivity contribution >= 4 is 5.78 Å². The Balaban J connectivity index is 2.25. The van der Waals surface area contributed by atoms with E-state index >= 15 is 0 Å². The van der Waals surface area contributed by atoms with Gasteiger partial charge in [0.1, 0.15) is 5.76 Å². The molecule has 0 heterocycles. The summed E-state index contributed by atoms with van der Waals surface area (Å²) in [5, 5.41) is 0. The van der Waals surface area contributed by atoms with E-state index in [1.165, 1.54) is 12.8 Å². The average molecular weight is 182 g/mol. The summed E-state index contributed by atoms with van der Waals surface area (Å²) in [6.07, 6.45) is 4.98. The maximum absolute atomic E-state index is 11.1. The molecule has 0 atom stereocenters. The van der Waals surface area contributed by atoms with Crippen LogP contribution < -0.4 is 0 Å². The lowest BCUT2D eigenvalue weighted by molar-refractivity contribution is -0.114. The molecule has 0 aromatic carbocycles. The number of hydrogen-bond acceptors (Lipinski definition) is 2. The summed E-state index contributed by atoms with van der Waals surface area (Å²) in [4.78, 5) is 11.1. The van der Waals surface area contributed by atoms with Crippen molar-refractivity contribution in [2.45, 2.75) is 46.0 Å². The van der Waals surface area contributed by atoms with Crippen molar-refractivity contribution in [2.24, 2.45) is 0 Å². The first-order valence-corrected chi connectivity index (χ1v) is 5.11. The highest BCUT2D eigenvalue weighted by Gasteiger charge is 2.19. The molecule has 0 aromatic heterocycles. The van der Waals surface area contributed by atoms with Crippen molar-refractivity contribution in [3.63, 3.8) is 0 Å². The van der Waals surface area contributed by atoms with Crippen LogP contribution in [0.5, 0.6) is 0 Å². The third kappa shape index (κ3) is 2.87. The molecule has 0 bridgehead atoms. The van der Waals surface area contributed by atoms with Gasteiger partial charge in [-0.05, 0) is 13.3 Å². The number of ether oxygens (including phenoxy) is 1. The van der Waals surface area contributed by atoms with Crippen molar-refractivity contribution in [2.75, 3.05) is 6.61 Å². The van der Waals surface area contributed by atoms with Crippen LogP contribution in [0.25, 0.3) is 0 Å². The predicted octanol–water partition coefficient (Wildman–Crippen LogP) is 2.83. The molecule has 13 heavy (non-hydrogen) atoms. The normalized spacial score (nSPS) is 16.9. The summed E-state index contributed by atoms with van der Waals surface area (Å²) in [6.45, 7) is 4.81. The first-order valence-electron chi connectivity index (χ1n) is 5.11. The zero-order valence-corrected chi connectivity index (χ0v) is 8.56. The van der Waals surface area contributed by atoms with E-state index in [-0.39, 0.29) is 5.78 Å². The molecule has 0 aliphatic heterocycles. The van der Waals surface area contributed by atoms with Gasteiger partial charge in [0.15, 0.2) is 5.78 Å². The van der Waals surface area contributed by atoms with Crippen LogP contribution in [0.15, 0.2) is 11.3 Å². The molecule has 0 saturated carbocycles. The van der Waals surface area contributed by atoms with E-state index in [9.17, 15) is 4.79 Å². The predicted molar refractivity (Wildman–Crippen MR) is 52.4 cm³/mol. The van der Waals surface area contributed by atoms with E-state index in [2.05, 4.69) is 6.92 Å². The van der Waals surface area contributed by atoms with Crippen LogP contribution in [-0.4, -0.2) is 12.4 Å². The van der Waals surface area contributed by atoms with Crippen molar-refractivity contribution < 1.29 is 9.53 Å². The topological polar surface area (TPSA) is 26.3 Å². The third-order valence-electron chi connectivity index (χ3n) is 2.44. The minimum absolute atomic E-state index is 0.255. The molecule has 1 aliphatic rings. The molecule has 0 fully saturated rings. The van der Waals surface area contributed by atoms with Crippen molar-refractivity contribution in [1.29, 1.82) is 0 Å². The minimum Gasteiger partial charge on any atom is -0.498 e. The summed E-state index contributed by atoms with van der Waals surface area (Å²) in [5.41, 5.74) is 0.844. The molecular formula is C11H18O2. The highest BCUT2D eigenvalue weighted by molar-refractivity contribution is 5.97. The van der Waals surface area contributed by atoms with Crippen LogP contribution >= 0.6 is 0 Å². The summed E-state index contributed by atoms with van der Waals surface area (Å²) in [7, 11) is 0. The number of carbonyl (C=O) groups excluding carboxylic acids is 1. The summed E-state index contributed by atoms with van der Waals surface area (Å²) < 4.78 is 5.55. The van der Waals surface area contributed by atoms with Crippen molar-refractivity contribution in [3.05, 3.63) is 11.3 Å². The SMILES string of the molecule is CCCCCOC1=C(C)C(=O)CC1. The Hall–Kier alpha value is -0.790. The molecule has 0 amide bonds. The van der Waals surface area contributed by atoms with Gasteiger partial charge in [0, 0.05) is 18.4 Å². The van der Waals surface area contributed by atoms with Gasteiger partial charge in [-0.25, -0.2) is 0 Å². The Morgan fingerprint density at radius 1 is 1.31 bits per heavy atom. The van der Waals surface area contributed by atoms with Gasteiger partial charge in [-0.2, -0.15) is 0 Å². The number of rotatable bonds is 5. The molecule has 0 radical (unpaired) electrons. The molecule has 74 valence electrons. The van der Waals surface area contributed by atoms with Gasteiger partial charge in [0.05, 0.1) is 6.61 Å². The van der Waals surface area contributed by atoms with E-state index in [1.54, 1.807) is 0 Å². The Kier molecular flexibility index (Phi) is 4.00. The lowest BCUT2D eigenvalue weighted by Gasteiger charge is -2.06. The molecule has 0 aromatic rings. The molecule has 0 N–H and O–H groups in total. The van der Waals surface area contributed by atoms with E-state index in [0.717, 1.165) is 30.8 Å². The monoisotopic (exact) mass is 182 g/mol. The van der Waals surface area contributed by atoms with Gasteiger partial charge in [0.25, 0.3) is 0 Å². The second-order valence-electron chi connectivity index (χ2n) is 3.53. The van der Waals surface area contributed by atoms with Crippen molar-refractivity contribution in [3.8, 4) is 0 Å². The fourth-order valence-electron chi connectivity index (χ4n) is 1.49. The molecule has 2 nitrogen and oxygen atoms in total. The maximum Gasteiger partial charge on any atom is 0.162 e. The van der Waals surface area contributed by atoms with E-state index in [4.69, 9.17) is 4.74 Å². The molecular weight excluding hydrogens is 164 g/mol. The molecule has 0 saturated heterocycles. The largest absolute Gasteiger partial charge is 0.498 e. The lowest BCUT2D eigenvalue weighted by Crippen LogP contribution is -1.95. The molecule has 1 rings (SSSR count). The van der Waals surface area contributed by atoms with Gasteiger partial charge in [0.2, 0.25) is 0 Å². The number of ketones is 1. The smallest absolute Gasteiger partial charge is 0.162 e. The van der Waals surface area contributed by atoms with Gasteiger partial charge < -0.3 is 4.74 Å². The highest BCUT2D eigenvalue weighted by atomic mass is 16.5. The van der Waals surface area contributed by atoms with E-state index in [1.807, 2.05) is 6.92 Å². The minimum atomic E-state index is 0.255. The zero-order valence-electron chi connectivity index (χ0n) is 8.56. The van der Waals surface area contributed by atoms with Crippen LogP contribution in [-0.2, 0) is 9.53 Å². The Labute approximate surface area is 80.0 Å². The van der Waals surface area contributed by atoms with Gasteiger partial charge in [-0.1, -0.05) is 19.8 Å². The van der Waals surface area contributed by atoms with Gasteiger partial charge in [-0.3, -0.25) is 4.79 Å². The second kappa shape index (κ2) is 5.05. The van der Waals surface area contributed by atoms with E-state index in [0.29, 0.717) is 6.42 Å². The molecule has 1 aliphatic carbocycles. The fourth-order valence-corrected chi connectivity index (χ4v) is 1.49. The lowest BCUT2D eigenvalue weighted by atomic mass is 10.2. The number of allylic oxidation sites excluding steroid dienone is 2.